The highest BCUT2D eigenvalue weighted by Gasteiger charge is 1.99. The van der Waals surface area contributed by atoms with Gasteiger partial charge in [-0.05, 0) is 31.2 Å². The number of pyridine rings is 1. The van der Waals surface area contributed by atoms with E-state index in [4.69, 9.17) is 4.42 Å². The topological polar surface area (TPSA) is 38.1 Å². The van der Waals surface area contributed by atoms with Crippen LogP contribution in [-0.4, -0.2) is 11.5 Å². The SMILES string of the molecule is CCNc1cccc(CSCc2ccco2)n1. The van der Waals surface area contributed by atoms with E-state index in [9.17, 15) is 0 Å². The zero-order valence-corrected chi connectivity index (χ0v) is 10.7. The number of thioether (sulfide) groups is 1. The van der Waals surface area contributed by atoms with E-state index >= 15 is 0 Å². The minimum Gasteiger partial charge on any atom is -0.468 e. The molecule has 4 heteroatoms. The van der Waals surface area contributed by atoms with Crippen LogP contribution in [0.3, 0.4) is 0 Å². The Morgan fingerprint density at radius 1 is 1.24 bits per heavy atom. The molecule has 0 aliphatic carbocycles. The summed E-state index contributed by atoms with van der Waals surface area (Å²) in [4.78, 5) is 4.52. The fourth-order valence-electron chi connectivity index (χ4n) is 1.49. The second-order valence-electron chi connectivity index (χ2n) is 3.62. The van der Waals surface area contributed by atoms with Crippen molar-refractivity contribution in [2.75, 3.05) is 11.9 Å². The van der Waals surface area contributed by atoms with Gasteiger partial charge in [0.15, 0.2) is 0 Å². The van der Waals surface area contributed by atoms with Crippen molar-refractivity contribution in [3.05, 3.63) is 48.0 Å². The number of rotatable bonds is 6. The van der Waals surface area contributed by atoms with Crippen molar-refractivity contribution in [1.29, 1.82) is 0 Å². The quantitative estimate of drug-likeness (QED) is 0.848. The Kier molecular flexibility index (Phi) is 4.50. The van der Waals surface area contributed by atoms with Crippen molar-refractivity contribution in [3.63, 3.8) is 0 Å². The Hall–Kier alpha value is -1.42. The Bertz CT molecular complexity index is 442. The van der Waals surface area contributed by atoms with Gasteiger partial charge in [0.05, 0.1) is 17.7 Å². The predicted octanol–water partition coefficient (Wildman–Crippen LogP) is 3.54. The lowest BCUT2D eigenvalue weighted by molar-refractivity contribution is 0.530. The van der Waals surface area contributed by atoms with Crippen LogP contribution in [0.15, 0.2) is 41.0 Å². The molecule has 0 saturated heterocycles. The van der Waals surface area contributed by atoms with Crippen LogP contribution in [0.1, 0.15) is 18.4 Å². The number of anilines is 1. The van der Waals surface area contributed by atoms with Crippen molar-refractivity contribution in [1.82, 2.24) is 4.98 Å². The Morgan fingerprint density at radius 2 is 2.18 bits per heavy atom. The molecule has 0 spiro atoms. The van der Waals surface area contributed by atoms with Crippen LogP contribution in [0.5, 0.6) is 0 Å². The van der Waals surface area contributed by atoms with Crippen LogP contribution < -0.4 is 5.32 Å². The molecule has 0 aliphatic rings. The van der Waals surface area contributed by atoms with Gasteiger partial charge in [-0.1, -0.05) is 6.07 Å². The lowest BCUT2D eigenvalue weighted by atomic mass is 10.4. The smallest absolute Gasteiger partial charge is 0.126 e. The highest BCUT2D eigenvalue weighted by Crippen LogP contribution is 2.17. The van der Waals surface area contributed by atoms with Gasteiger partial charge in [0, 0.05) is 12.3 Å². The molecule has 0 saturated carbocycles. The Morgan fingerprint density at radius 3 is 2.94 bits per heavy atom. The fraction of sp³-hybridized carbons (Fsp3) is 0.308. The molecule has 0 fully saturated rings. The van der Waals surface area contributed by atoms with E-state index in [-0.39, 0.29) is 0 Å². The molecule has 1 N–H and O–H groups in total. The summed E-state index contributed by atoms with van der Waals surface area (Å²) in [6.07, 6.45) is 1.71. The minimum atomic E-state index is 0.889. The van der Waals surface area contributed by atoms with E-state index in [1.165, 1.54) is 0 Å². The van der Waals surface area contributed by atoms with Gasteiger partial charge in [0.2, 0.25) is 0 Å². The molecule has 17 heavy (non-hydrogen) atoms. The molecule has 0 bridgehead atoms. The molecule has 2 aromatic rings. The monoisotopic (exact) mass is 248 g/mol. The summed E-state index contributed by atoms with van der Waals surface area (Å²) in [7, 11) is 0. The minimum absolute atomic E-state index is 0.889. The number of nitrogens with zero attached hydrogens (tertiary/aromatic N) is 1. The predicted molar refractivity (Wildman–Crippen MR) is 72.1 cm³/mol. The van der Waals surface area contributed by atoms with Crippen LogP contribution in [-0.2, 0) is 11.5 Å². The summed E-state index contributed by atoms with van der Waals surface area (Å²) in [6.45, 7) is 2.97. The van der Waals surface area contributed by atoms with Gasteiger partial charge in [-0.25, -0.2) is 4.98 Å². The Labute approximate surface area is 106 Å². The molecule has 3 nitrogen and oxygen atoms in total. The van der Waals surface area contributed by atoms with Crippen LogP contribution in [0.2, 0.25) is 0 Å². The second kappa shape index (κ2) is 6.35. The van der Waals surface area contributed by atoms with Crippen molar-refractivity contribution >= 4 is 17.6 Å². The molecule has 0 aliphatic heterocycles. The normalized spacial score (nSPS) is 10.4. The summed E-state index contributed by atoms with van der Waals surface area (Å²) in [5.41, 5.74) is 1.10. The molecule has 90 valence electrons. The van der Waals surface area contributed by atoms with Crippen LogP contribution in [0.4, 0.5) is 5.82 Å². The molecule has 0 atom stereocenters. The van der Waals surface area contributed by atoms with Crippen molar-refractivity contribution in [3.8, 4) is 0 Å². The van der Waals surface area contributed by atoms with E-state index in [0.29, 0.717) is 0 Å². The first-order chi connectivity index (χ1) is 8.38. The van der Waals surface area contributed by atoms with Crippen LogP contribution >= 0.6 is 11.8 Å². The van der Waals surface area contributed by atoms with Gasteiger partial charge < -0.3 is 9.73 Å². The van der Waals surface area contributed by atoms with E-state index in [2.05, 4.69) is 23.3 Å². The largest absolute Gasteiger partial charge is 0.468 e. The molecule has 0 aromatic carbocycles. The average molecular weight is 248 g/mol. The number of aromatic nitrogens is 1. The van der Waals surface area contributed by atoms with Crippen LogP contribution in [0.25, 0.3) is 0 Å². The maximum atomic E-state index is 5.28. The van der Waals surface area contributed by atoms with Gasteiger partial charge in [0.1, 0.15) is 11.6 Å². The van der Waals surface area contributed by atoms with Crippen LogP contribution in [0, 0.1) is 0 Å². The van der Waals surface area contributed by atoms with Crippen molar-refractivity contribution in [2.24, 2.45) is 0 Å². The molecular weight excluding hydrogens is 232 g/mol. The zero-order valence-electron chi connectivity index (χ0n) is 9.85. The number of hydrogen-bond acceptors (Lipinski definition) is 4. The summed E-state index contributed by atoms with van der Waals surface area (Å²) in [6, 6.07) is 9.99. The molecule has 0 amide bonds. The maximum Gasteiger partial charge on any atom is 0.126 e. The fourth-order valence-corrected chi connectivity index (χ4v) is 2.33. The molecule has 0 unspecified atom stereocenters. The molecule has 0 radical (unpaired) electrons. The average Bonchev–Trinajstić information content (AvgIpc) is 2.83. The van der Waals surface area contributed by atoms with E-state index in [0.717, 1.165) is 35.3 Å². The van der Waals surface area contributed by atoms with E-state index in [1.54, 1.807) is 18.0 Å². The van der Waals surface area contributed by atoms with Crippen molar-refractivity contribution in [2.45, 2.75) is 18.4 Å². The Balaban J connectivity index is 1.84. The number of hydrogen-bond donors (Lipinski definition) is 1. The van der Waals surface area contributed by atoms with Gasteiger partial charge in [-0.15, -0.1) is 11.8 Å². The standard InChI is InChI=1S/C13H16N2OS/c1-2-14-13-7-3-5-11(15-13)9-17-10-12-6-4-8-16-12/h3-8H,2,9-10H2,1H3,(H,14,15). The molecule has 2 heterocycles. The third kappa shape index (κ3) is 3.82. The summed E-state index contributed by atoms with van der Waals surface area (Å²) >= 11 is 1.81. The van der Waals surface area contributed by atoms with E-state index < -0.39 is 0 Å². The molecule has 2 aromatic heterocycles. The summed E-state index contributed by atoms with van der Waals surface area (Å²) < 4.78 is 5.28. The summed E-state index contributed by atoms with van der Waals surface area (Å²) in [5, 5.41) is 3.21. The number of furan rings is 1. The first-order valence-corrected chi connectivity index (χ1v) is 6.84. The number of nitrogens with one attached hydrogen (secondary N) is 1. The van der Waals surface area contributed by atoms with Gasteiger partial charge >= 0.3 is 0 Å². The lowest BCUT2D eigenvalue weighted by Gasteiger charge is -2.04. The lowest BCUT2D eigenvalue weighted by Crippen LogP contribution is -2.00. The third-order valence-electron chi connectivity index (χ3n) is 2.24. The van der Waals surface area contributed by atoms with Crippen molar-refractivity contribution < 1.29 is 4.42 Å². The first kappa shape index (κ1) is 12.0. The van der Waals surface area contributed by atoms with E-state index in [1.807, 2.05) is 24.3 Å². The second-order valence-corrected chi connectivity index (χ2v) is 4.60. The third-order valence-corrected chi connectivity index (χ3v) is 3.23. The first-order valence-electron chi connectivity index (χ1n) is 5.68. The van der Waals surface area contributed by atoms with Gasteiger partial charge in [-0.2, -0.15) is 0 Å². The highest BCUT2D eigenvalue weighted by molar-refractivity contribution is 7.97. The summed E-state index contributed by atoms with van der Waals surface area (Å²) in [5.74, 6) is 3.75. The van der Waals surface area contributed by atoms with Gasteiger partial charge in [-0.3, -0.25) is 0 Å². The molecular formula is C13H16N2OS. The maximum absolute atomic E-state index is 5.28. The zero-order chi connectivity index (χ0) is 11.9. The molecule has 2 rings (SSSR count). The van der Waals surface area contributed by atoms with Gasteiger partial charge in [0.25, 0.3) is 0 Å². The highest BCUT2D eigenvalue weighted by atomic mass is 32.2.